The number of nitrogen functional groups attached to an aromatic ring is 1. The molecule has 1 fully saturated rings. The summed E-state index contributed by atoms with van der Waals surface area (Å²) in [7, 11) is 1.57. The van der Waals surface area contributed by atoms with Crippen molar-refractivity contribution in [2.75, 3.05) is 37.3 Å². The van der Waals surface area contributed by atoms with Crippen molar-refractivity contribution in [1.29, 1.82) is 0 Å². The van der Waals surface area contributed by atoms with Gasteiger partial charge < -0.3 is 20.9 Å². The smallest absolute Gasteiger partial charge is 0.253 e. The zero-order chi connectivity index (χ0) is 19.6. The van der Waals surface area contributed by atoms with Gasteiger partial charge in [-0.3, -0.25) is 9.59 Å². The van der Waals surface area contributed by atoms with Crippen LogP contribution in [0.5, 0.6) is 0 Å². The van der Waals surface area contributed by atoms with Gasteiger partial charge in [-0.05, 0) is 24.6 Å². The van der Waals surface area contributed by atoms with Crippen LogP contribution in [0.25, 0.3) is 11.1 Å². The Morgan fingerprint density at radius 2 is 1.89 bits per heavy atom. The van der Waals surface area contributed by atoms with Gasteiger partial charge in [-0.25, -0.2) is 9.97 Å². The van der Waals surface area contributed by atoms with Gasteiger partial charge in [0.05, 0.1) is 5.56 Å². The number of hydrogen-bond acceptors (Lipinski definition) is 6. The second-order valence-corrected chi connectivity index (χ2v) is 6.66. The van der Waals surface area contributed by atoms with Crippen LogP contribution in [-0.4, -0.2) is 59.4 Å². The van der Waals surface area contributed by atoms with Gasteiger partial charge in [-0.1, -0.05) is 6.07 Å². The minimum Gasteiger partial charge on any atom is -0.398 e. The summed E-state index contributed by atoms with van der Waals surface area (Å²) in [6, 6.07) is 5.42. The minimum absolute atomic E-state index is 0.0931. The molecule has 1 aliphatic rings. The molecule has 2 aromatic rings. The fraction of sp³-hybridized carbons (Fsp3) is 0.368. The summed E-state index contributed by atoms with van der Waals surface area (Å²) < 4.78 is 0. The average molecular weight is 368 g/mol. The summed E-state index contributed by atoms with van der Waals surface area (Å²) in [6.45, 7) is 5.69. The Kier molecular flexibility index (Phi) is 5.25. The van der Waals surface area contributed by atoms with Crippen molar-refractivity contribution in [3.8, 4) is 11.1 Å². The topological polar surface area (TPSA) is 104 Å². The number of anilines is 2. The summed E-state index contributed by atoms with van der Waals surface area (Å²) in [5, 5.41) is 2.57. The Hall–Kier alpha value is -3.16. The second-order valence-electron chi connectivity index (χ2n) is 6.66. The van der Waals surface area contributed by atoms with Gasteiger partial charge in [0.25, 0.3) is 5.91 Å². The molecule has 8 heteroatoms. The lowest BCUT2D eigenvalue weighted by atomic mass is 10.0. The molecule has 1 saturated heterocycles. The van der Waals surface area contributed by atoms with Gasteiger partial charge in [0.2, 0.25) is 11.9 Å². The van der Waals surface area contributed by atoms with Crippen molar-refractivity contribution in [3.05, 3.63) is 36.2 Å². The van der Waals surface area contributed by atoms with Crippen molar-refractivity contribution >= 4 is 23.5 Å². The third-order valence-electron chi connectivity index (χ3n) is 4.82. The van der Waals surface area contributed by atoms with E-state index in [4.69, 9.17) is 5.73 Å². The Balaban J connectivity index is 1.77. The maximum absolute atomic E-state index is 11.8. The number of nitrogens with two attached hydrogens (primary N) is 1. The number of hydrogen-bond donors (Lipinski definition) is 2. The van der Waals surface area contributed by atoms with E-state index in [2.05, 4.69) is 27.1 Å². The number of benzene rings is 1. The maximum Gasteiger partial charge on any atom is 0.253 e. The fourth-order valence-corrected chi connectivity index (χ4v) is 3.24. The van der Waals surface area contributed by atoms with E-state index in [0.29, 0.717) is 36.8 Å². The molecule has 3 rings (SSSR count). The van der Waals surface area contributed by atoms with E-state index in [-0.39, 0.29) is 17.9 Å². The molecule has 0 saturated carbocycles. The summed E-state index contributed by atoms with van der Waals surface area (Å²) in [6.07, 6.45) is 3.50. The Morgan fingerprint density at radius 1 is 1.19 bits per heavy atom. The van der Waals surface area contributed by atoms with Gasteiger partial charge >= 0.3 is 0 Å². The highest BCUT2D eigenvalue weighted by molar-refractivity contribution is 5.99. The number of nitrogens with zero attached hydrogens (tertiary/aromatic N) is 4. The fourth-order valence-electron chi connectivity index (χ4n) is 3.24. The molecule has 0 aliphatic carbocycles. The lowest BCUT2D eigenvalue weighted by molar-refractivity contribution is -0.129. The summed E-state index contributed by atoms with van der Waals surface area (Å²) in [5.74, 6) is 0.518. The Morgan fingerprint density at radius 3 is 2.44 bits per heavy atom. The van der Waals surface area contributed by atoms with Gasteiger partial charge in [0.1, 0.15) is 0 Å². The van der Waals surface area contributed by atoms with Gasteiger partial charge in [-0.15, -0.1) is 0 Å². The monoisotopic (exact) mass is 368 g/mol. The molecule has 1 unspecified atom stereocenters. The van der Waals surface area contributed by atoms with E-state index >= 15 is 0 Å². The highest BCUT2D eigenvalue weighted by Gasteiger charge is 2.26. The summed E-state index contributed by atoms with van der Waals surface area (Å²) >= 11 is 0. The molecule has 27 heavy (non-hydrogen) atoms. The molecule has 1 atom stereocenters. The second kappa shape index (κ2) is 7.61. The molecule has 3 N–H and O–H groups in total. The largest absolute Gasteiger partial charge is 0.398 e. The van der Waals surface area contributed by atoms with Gasteiger partial charge in [0, 0.05) is 63.3 Å². The highest BCUT2D eigenvalue weighted by Crippen LogP contribution is 2.25. The SMILES string of the molecule is CNC(=O)c1ccc(-c2cnc(N3CCN(C(C)=O)CC3C)nc2)cc1N. The predicted molar refractivity (Wildman–Crippen MR) is 104 cm³/mol. The highest BCUT2D eigenvalue weighted by atomic mass is 16.2. The number of carbonyl (C=O) groups is 2. The molecular formula is C19H24N6O2. The molecule has 1 aromatic carbocycles. The van der Waals surface area contributed by atoms with E-state index < -0.39 is 0 Å². The average Bonchev–Trinajstić information content (AvgIpc) is 2.67. The number of aromatic nitrogens is 2. The molecular weight excluding hydrogens is 344 g/mol. The molecule has 1 aliphatic heterocycles. The zero-order valence-corrected chi connectivity index (χ0v) is 15.8. The molecule has 1 aromatic heterocycles. The van der Waals surface area contributed by atoms with Crippen molar-refractivity contribution < 1.29 is 9.59 Å². The number of amides is 2. The number of carbonyl (C=O) groups excluding carboxylic acids is 2. The first kappa shape index (κ1) is 18.6. The van der Waals surface area contributed by atoms with Crippen molar-refractivity contribution in [2.24, 2.45) is 0 Å². The van der Waals surface area contributed by atoms with Crippen LogP contribution in [-0.2, 0) is 4.79 Å². The van der Waals surface area contributed by atoms with Crippen molar-refractivity contribution in [3.63, 3.8) is 0 Å². The molecule has 0 radical (unpaired) electrons. The first-order chi connectivity index (χ1) is 12.9. The van der Waals surface area contributed by atoms with Crippen LogP contribution in [0.2, 0.25) is 0 Å². The first-order valence-electron chi connectivity index (χ1n) is 8.87. The third kappa shape index (κ3) is 3.84. The van der Waals surface area contributed by atoms with Crippen LogP contribution >= 0.6 is 0 Å². The Bertz CT molecular complexity index is 852. The Labute approximate surface area is 158 Å². The quantitative estimate of drug-likeness (QED) is 0.788. The van der Waals surface area contributed by atoms with E-state index in [9.17, 15) is 9.59 Å². The van der Waals surface area contributed by atoms with Crippen molar-refractivity contribution in [2.45, 2.75) is 19.9 Å². The minimum atomic E-state index is -0.218. The lowest BCUT2D eigenvalue weighted by Crippen LogP contribution is -2.53. The van der Waals surface area contributed by atoms with Crippen LogP contribution in [0.4, 0.5) is 11.6 Å². The summed E-state index contributed by atoms with van der Waals surface area (Å²) in [5.41, 5.74) is 8.51. The number of piperazine rings is 1. The van der Waals surface area contributed by atoms with Crippen LogP contribution in [0, 0.1) is 0 Å². The van der Waals surface area contributed by atoms with Gasteiger partial charge in [-0.2, -0.15) is 0 Å². The normalized spacial score (nSPS) is 16.9. The lowest BCUT2D eigenvalue weighted by Gasteiger charge is -2.39. The first-order valence-corrected chi connectivity index (χ1v) is 8.87. The number of nitrogens with one attached hydrogen (secondary N) is 1. The maximum atomic E-state index is 11.8. The van der Waals surface area contributed by atoms with Crippen LogP contribution in [0.1, 0.15) is 24.2 Å². The molecule has 2 amide bonds. The predicted octanol–water partition coefficient (Wildman–Crippen LogP) is 1.14. The van der Waals surface area contributed by atoms with Gasteiger partial charge in [0.15, 0.2) is 0 Å². The van der Waals surface area contributed by atoms with Crippen LogP contribution in [0.15, 0.2) is 30.6 Å². The van der Waals surface area contributed by atoms with Crippen LogP contribution < -0.4 is 16.0 Å². The van der Waals surface area contributed by atoms with E-state index in [1.807, 2.05) is 11.0 Å². The van der Waals surface area contributed by atoms with E-state index in [1.165, 1.54) is 0 Å². The molecule has 142 valence electrons. The molecule has 0 spiro atoms. The molecule has 2 heterocycles. The number of rotatable bonds is 3. The van der Waals surface area contributed by atoms with E-state index in [1.54, 1.807) is 38.5 Å². The summed E-state index contributed by atoms with van der Waals surface area (Å²) in [4.78, 5) is 36.2. The van der Waals surface area contributed by atoms with E-state index in [0.717, 1.165) is 11.1 Å². The zero-order valence-electron chi connectivity index (χ0n) is 15.8. The van der Waals surface area contributed by atoms with Crippen LogP contribution in [0.3, 0.4) is 0 Å². The molecule has 0 bridgehead atoms. The third-order valence-corrected chi connectivity index (χ3v) is 4.82. The van der Waals surface area contributed by atoms with Crippen molar-refractivity contribution in [1.82, 2.24) is 20.2 Å². The molecule has 8 nitrogen and oxygen atoms in total. The standard InChI is InChI=1S/C19H24N6O2/c1-12-11-24(13(2)26)6-7-25(12)19-22-9-15(10-23-19)14-4-5-16(17(20)8-14)18(27)21-3/h4-5,8-10,12H,6-7,11,20H2,1-3H3,(H,21,27).